The number of alkyl halides is 1. The molecule has 2 saturated heterocycles. The maximum Gasteiger partial charge on any atom is 0.407 e. The van der Waals surface area contributed by atoms with Crippen LogP contribution in [-0.4, -0.2) is 60.8 Å². The summed E-state index contributed by atoms with van der Waals surface area (Å²) in [5.74, 6) is 0. The Morgan fingerprint density at radius 1 is 1.56 bits per heavy atom. The lowest BCUT2D eigenvalue weighted by Gasteiger charge is -2.34. The van der Waals surface area contributed by atoms with Crippen LogP contribution in [0, 0.1) is 0 Å². The van der Waals surface area contributed by atoms with E-state index in [0.29, 0.717) is 19.6 Å². The molecule has 1 N–H and O–H groups in total. The van der Waals surface area contributed by atoms with E-state index in [0.717, 1.165) is 17.9 Å². The maximum atomic E-state index is 13.6. The van der Waals surface area contributed by atoms with Crippen LogP contribution in [-0.2, 0) is 9.47 Å². The summed E-state index contributed by atoms with van der Waals surface area (Å²) in [5.41, 5.74) is 0. The van der Waals surface area contributed by atoms with Gasteiger partial charge in [0.1, 0.15) is 6.17 Å². The number of amides is 1. The van der Waals surface area contributed by atoms with Gasteiger partial charge in [0.25, 0.3) is 0 Å². The highest BCUT2D eigenvalue weighted by Crippen LogP contribution is 2.19. The van der Waals surface area contributed by atoms with Gasteiger partial charge in [-0.15, -0.1) is 0 Å². The number of likely N-dealkylation sites (tertiary alicyclic amines) is 1. The number of hydrogen-bond donors (Lipinski definition) is 1. The standard InChI is InChI=1S/C10H16FNO4/c11-8-5-12(10(13)14)3-1-9(8)16-6-7-2-4-15-7/h7-9H,1-6H2,(H,13,14)/t7?,8-,9+/m0/s1. The Bertz CT molecular complexity index is 259. The van der Waals surface area contributed by atoms with Crippen LogP contribution in [0.3, 0.4) is 0 Å². The van der Waals surface area contributed by atoms with Crippen molar-refractivity contribution in [3.63, 3.8) is 0 Å². The number of rotatable bonds is 3. The van der Waals surface area contributed by atoms with Gasteiger partial charge in [-0.25, -0.2) is 9.18 Å². The van der Waals surface area contributed by atoms with E-state index in [4.69, 9.17) is 14.6 Å². The second-order valence-corrected chi connectivity index (χ2v) is 4.19. The summed E-state index contributed by atoms with van der Waals surface area (Å²) in [6.45, 7) is 1.42. The molecule has 6 heteroatoms. The van der Waals surface area contributed by atoms with Crippen LogP contribution in [0.5, 0.6) is 0 Å². The van der Waals surface area contributed by atoms with Gasteiger partial charge < -0.3 is 19.5 Å². The molecule has 0 aromatic rings. The highest BCUT2D eigenvalue weighted by atomic mass is 19.1. The number of hydrogen-bond acceptors (Lipinski definition) is 3. The minimum absolute atomic E-state index is 0.0917. The van der Waals surface area contributed by atoms with Crippen LogP contribution >= 0.6 is 0 Å². The third-order valence-corrected chi connectivity index (χ3v) is 3.04. The first kappa shape index (κ1) is 11.6. The molecule has 92 valence electrons. The molecule has 2 rings (SSSR count). The highest BCUT2D eigenvalue weighted by Gasteiger charge is 2.33. The van der Waals surface area contributed by atoms with Crippen LogP contribution in [0.1, 0.15) is 12.8 Å². The quantitative estimate of drug-likeness (QED) is 0.786. The van der Waals surface area contributed by atoms with Crippen molar-refractivity contribution in [2.24, 2.45) is 0 Å². The fourth-order valence-electron chi connectivity index (χ4n) is 1.89. The van der Waals surface area contributed by atoms with Gasteiger partial charge in [-0.1, -0.05) is 0 Å². The van der Waals surface area contributed by atoms with Crippen molar-refractivity contribution >= 4 is 6.09 Å². The van der Waals surface area contributed by atoms with Crippen molar-refractivity contribution in [3.05, 3.63) is 0 Å². The lowest BCUT2D eigenvalue weighted by molar-refractivity contribution is -0.127. The molecule has 0 bridgehead atoms. The van der Waals surface area contributed by atoms with E-state index in [1.54, 1.807) is 0 Å². The molecule has 3 atom stereocenters. The summed E-state index contributed by atoms with van der Waals surface area (Å²) < 4.78 is 24.1. The Labute approximate surface area is 93.1 Å². The average molecular weight is 233 g/mol. The number of carbonyl (C=O) groups is 1. The molecule has 2 heterocycles. The Kier molecular flexibility index (Phi) is 3.60. The van der Waals surface area contributed by atoms with E-state index < -0.39 is 18.4 Å². The monoisotopic (exact) mass is 233 g/mol. The van der Waals surface area contributed by atoms with E-state index in [-0.39, 0.29) is 12.6 Å². The maximum absolute atomic E-state index is 13.6. The third kappa shape index (κ3) is 2.62. The van der Waals surface area contributed by atoms with Crippen LogP contribution in [0.15, 0.2) is 0 Å². The Balaban J connectivity index is 1.72. The molecule has 0 aliphatic carbocycles. The van der Waals surface area contributed by atoms with Crippen molar-refractivity contribution in [1.29, 1.82) is 0 Å². The lowest BCUT2D eigenvalue weighted by atomic mass is 10.1. The SMILES string of the molecule is O=C(O)N1CC[C@@H](OCC2CCO2)[C@@H](F)C1. The first-order valence-electron chi connectivity index (χ1n) is 5.52. The Morgan fingerprint density at radius 2 is 2.31 bits per heavy atom. The predicted octanol–water partition coefficient (Wildman–Crippen LogP) is 0.882. The fraction of sp³-hybridized carbons (Fsp3) is 0.900. The molecule has 0 aromatic carbocycles. The highest BCUT2D eigenvalue weighted by molar-refractivity contribution is 5.65. The molecule has 0 saturated carbocycles. The van der Waals surface area contributed by atoms with Gasteiger partial charge in [-0.2, -0.15) is 0 Å². The van der Waals surface area contributed by atoms with Gasteiger partial charge in [0.15, 0.2) is 0 Å². The molecule has 0 aromatic heterocycles. The molecule has 0 spiro atoms. The van der Waals surface area contributed by atoms with Gasteiger partial charge in [0.2, 0.25) is 0 Å². The molecule has 2 aliphatic heterocycles. The molecule has 2 fully saturated rings. The van der Waals surface area contributed by atoms with Crippen molar-refractivity contribution < 1.29 is 23.8 Å². The first-order valence-corrected chi connectivity index (χ1v) is 5.52. The number of piperidine rings is 1. The van der Waals surface area contributed by atoms with Crippen LogP contribution in [0.25, 0.3) is 0 Å². The summed E-state index contributed by atoms with van der Waals surface area (Å²) in [5, 5.41) is 8.71. The molecular formula is C10H16FNO4. The number of halogens is 1. The zero-order valence-electron chi connectivity index (χ0n) is 8.97. The van der Waals surface area contributed by atoms with Gasteiger partial charge in [0.05, 0.1) is 25.4 Å². The zero-order chi connectivity index (χ0) is 11.5. The zero-order valence-corrected chi connectivity index (χ0v) is 8.97. The van der Waals surface area contributed by atoms with E-state index in [1.165, 1.54) is 0 Å². The number of carboxylic acid groups (broad SMARTS) is 1. The molecule has 1 unspecified atom stereocenters. The van der Waals surface area contributed by atoms with Crippen molar-refractivity contribution in [2.75, 3.05) is 26.3 Å². The summed E-state index contributed by atoms with van der Waals surface area (Å²) in [6, 6.07) is 0. The second kappa shape index (κ2) is 4.97. The Hall–Kier alpha value is -0.880. The van der Waals surface area contributed by atoms with Crippen LogP contribution < -0.4 is 0 Å². The molecule has 16 heavy (non-hydrogen) atoms. The first-order chi connectivity index (χ1) is 7.66. The third-order valence-electron chi connectivity index (χ3n) is 3.04. The molecule has 0 radical (unpaired) electrons. The number of nitrogens with zero attached hydrogens (tertiary/aromatic N) is 1. The summed E-state index contributed by atoms with van der Waals surface area (Å²) >= 11 is 0. The average Bonchev–Trinajstić information content (AvgIpc) is 2.17. The van der Waals surface area contributed by atoms with E-state index >= 15 is 0 Å². The fourth-order valence-corrected chi connectivity index (χ4v) is 1.89. The van der Waals surface area contributed by atoms with Gasteiger partial charge in [0, 0.05) is 13.2 Å². The summed E-state index contributed by atoms with van der Waals surface area (Å²) in [6.07, 6.45) is -1.30. The lowest BCUT2D eigenvalue weighted by Crippen LogP contribution is -2.48. The predicted molar refractivity (Wildman–Crippen MR) is 53.2 cm³/mol. The molecule has 5 nitrogen and oxygen atoms in total. The largest absolute Gasteiger partial charge is 0.465 e. The molecule has 1 amide bonds. The van der Waals surface area contributed by atoms with Gasteiger partial charge in [-0.3, -0.25) is 0 Å². The molecular weight excluding hydrogens is 217 g/mol. The Morgan fingerprint density at radius 3 is 2.81 bits per heavy atom. The van der Waals surface area contributed by atoms with E-state index in [2.05, 4.69) is 0 Å². The molecule has 2 aliphatic rings. The minimum Gasteiger partial charge on any atom is -0.465 e. The van der Waals surface area contributed by atoms with Crippen molar-refractivity contribution in [2.45, 2.75) is 31.2 Å². The second-order valence-electron chi connectivity index (χ2n) is 4.19. The minimum atomic E-state index is -1.23. The van der Waals surface area contributed by atoms with Crippen molar-refractivity contribution in [1.82, 2.24) is 4.90 Å². The van der Waals surface area contributed by atoms with Crippen LogP contribution in [0.2, 0.25) is 0 Å². The summed E-state index contributed by atoms with van der Waals surface area (Å²) in [4.78, 5) is 11.7. The topological polar surface area (TPSA) is 59.0 Å². The van der Waals surface area contributed by atoms with Crippen molar-refractivity contribution in [3.8, 4) is 0 Å². The van der Waals surface area contributed by atoms with Gasteiger partial charge in [-0.05, 0) is 12.8 Å². The summed E-state index contributed by atoms with van der Waals surface area (Å²) in [7, 11) is 0. The van der Waals surface area contributed by atoms with E-state index in [9.17, 15) is 9.18 Å². The van der Waals surface area contributed by atoms with Gasteiger partial charge >= 0.3 is 6.09 Å². The van der Waals surface area contributed by atoms with E-state index in [1.807, 2.05) is 0 Å². The normalized spacial score (nSPS) is 34.6. The number of ether oxygens (including phenoxy) is 2. The smallest absolute Gasteiger partial charge is 0.407 e. The van der Waals surface area contributed by atoms with Crippen LogP contribution in [0.4, 0.5) is 9.18 Å².